The molecule has 2 unspecified atom stereocenters. The van der Waals surface area contributed by atoms with E-state index < -0.39 is 17.7 Å². The maximum absolute atomic E-state index is 13.7. The molecule has 2 aromatic rings. The van der Waals surface area contributed by atoms with E-state index >= 15 is 0 Å². The summed E-state index contributed by atoms with van der Waals surface area (Å²) in [5.74, 6) is -0.467. The minimum Gasteiger partial charge on any atom is -0.458 e. The lowest BCUT2D eigenvalue weighted by Crippen LogP contribution is -2.55. The van der Waals surface area contributed by atoms with Crippen LogP contribution >= 0.6 is 0 Å². The van der Waals surface area contributed by atoms with Crippen LogP contribution in [0.15, 0.2) is 54.6 Å². The number of nitrogens with zero attached hydrogens (tertiary/aromatic N) is 1. The number of nitrogens with one attached hydrogen (secondary N) is 3. The van der Waals surface area contributed by atoms with Gasteiger partial charge in [0.05, 0.1) is 17.7 Å². The van der Waals surface area contributed by atoms with Crippen molar-refractivity contribution in [2.45, 2.75) is 89.9 Å². The summed E-state index contributed by atoms with van der Waals surface area (Å²) in [5, 5.41) is 18.3. The van der Waals surface area contributed by atoms with E-state index in [1.807, 2.05) is 44.2 Å². The molecule has 1 aliphatic rings. The van der Waals surface area contributed by atoms with Crippen LogP contribution in [0.25, 0.3) is 0 Å². The van der Waals surface area contributed by atoms with Crippen molar-refractivity contribution >= 4 is 17.8 Å². The molecule has 0 bridgehead atoms. The zero-order chi connectivity index (χ0) is 29.0. The summed E-state index contributed by atoms with van der Waals surface area (Å²) in [5.41, 5.74) is 1.58. The number of hydrogen-bond donors (Lipinski definition) is 3. The minimum atomic E-state index is -0.779. The Morgan fingerprint density at radius 3 is 2.25 bits per heavy atom. The summed E-state index contributed by atoms with van der Waals surface area (Å²) in [6, 6.07) is 17.4. The number of rotatable bonds is 13. The highest BCUT2D eigenvalue weighted by Gasteiger charge is 2.31. The van der Waals surface area contributed by atoms with Crippen molar-refractivity contribution in [3.8, 4) is 6.07 Å². The van der Waals surface area contributed by atoms with Gasteiger partial charge < -0.3 is 20.7 Å². The summed E-state index contributed by atoms with van der Waals surface area (Å²) in [6.07, 6.45) is 6.71. The molecule has 0 spiro atoms. The van der Waals surface area contributed by atoms with E-state index in [4.69, 9.17) is 10.00 Å². The van der Waals surface area contributed by atoms with Crippen LogP contribution in [0.5, 0.6) is 0 Å². The second-order valence-corrected chi connectivity index (χ2v) is 11.3. The molecule has 8 heteroatoms. The number of hydrogen-bond acceptors (Lipinski definition) is 6. The Morgan fingerprint density at radius 1 is 0.950 bits per heavy atom. The summed E-state index contributed by atoms with van der Waals surface area (Å²) in [4.78, 5) is 38.6. The van der Waals surface area contributed by atoms with Crippen LogP contribution in [0.3, 0.4) is 0 Å². The Bertz CT molecular complexity index is 1150. The number of ether oxygens (including phenoxy) is 1. The predicted octanol–water partition coefficient (Wildman–Crippen LogP) is 4.17. The molecular formula is C32H42N4O4. The van der Waals surface area contributed by atoms with Crippen LogP contribution in [-0.2, 0) is 32.1 Å². The molecule has 2 atom stereocenters. The molecular weight excluding hydrogens is 504 g/mol. The van der Waals surface area contributed by atoms with Crippen LogP contribution in [-0.4, -0.2) is 42.0 Å². The number of amides is 2. The van der Waals surface area contributed by atoms with Crippen molar-refractivity contribution in [2.24, 2.45) is 5.92 Å². The van der Waals surface area contributed by atoms with Gasteiger partial charge in [0, 0.05) is 26.4 Å². The van der Waals surface area contributed by atoms with Crippen LogP contribution < -0.4 is 16.0 Å². The number of carbonyl (C=O) groups is 3. The monoisotopic (exact) mass is 546 g/mol. The van der Waals surface area contributed by atoms with Gasteiger partial charge in [-0.15, -0.1) is 0 Å². The topological polar surface area (TPSA) is 120 Å². The highest BCUT2D eigenvalue weighted by molar-refractivity contribution is 5.90. The van der Waals surface area contributed by atoms with Gasteiger partial charge in [-0.25, -0.2) is 0 Å². The second kappa shape index (κ2) is 15.2. The highest BCUT2D eigenvalue weighted by atomic mass is 16.6. The largest absolute Gasteiger partial charge is 0.458 e. The fourth-order valence-electron chi connectivity index (χ4n) is 5.17. The molecule has 0 saturated heterocycles. The molecule has 3 rings (SSSR count). The van der Waals surface area contributed by atoms with Gasteiger partial charge in [0.25, 0.3) is 0 Å². The average Bonchev–Trinajstić information content (AvgIpc) is 2.94. The van der Waals surface area contributed by atoms with Crippen LogP contribution in [0.4, 0.5) is 0 Å². The van der Waals surface area contributed by atoms with E-state index in [-0.39, 0.29) is 24.3 Å². The third kappa shape index (κ3) is 10.5. The third-order valence-electron chi connectivity index (χ3n) is 7.27. The normalized spacial score (nSPS) is 15.3. The van der Waals surface area contributed by atoms with Crippen molar-refractivity contribution in [1.82, 2.24) is 16.0 Å². The van der Waals surface area contributed by atoms with Gasteiger partial charge in [-0.3, -0.25) is 14.4 Å². The predicted molar refractivity (Wildman–Crippen MR) is 154 cm³/mol. The molecule has 0 heterocycles. The lowest BCUT2D eigenvalue weighted by Gasteiger charge is -2.31. The number of nitriles is 1. The molecule has 214 valence electrons. The molecule has 1 fully saturated rings. The van der Waals surface area contributed by atoms with E-state index in [1.165, 1.54) is 13.3 Å². The smallest absolute Gasteiger partial charge is 0.303 e. The Kier molecular flexibility index (Phi) is 11.7. The zero-order valence-corrected chi connectivity index (χ0v) is 23.9. The average molecular weight is 547 g/mol. The zero-order valence-electron chi connectivity index (χ0n) is 23.9. The first kappa shape index (κ1) is 30.8. The highest BCUT2D eigenvalue weighted by Crippen LogP contribution is 2.27. The number of benzene rings is 2. The Hall–Kier alpha value is -3.70. The standard InChI is InChI=1S/C32H42N4O4/c1-23(37)40-32(2,3)22-35-28(18-24-10-6-4-7-11-24)31(39)36-29(19-25-12-8-5-9-13-25)30(38)34-21-27-16-14-26(20-33)15-17-27/h5,8-9,12-17,24,28-29,35H,4,6-7,10-11,18-19,21-22H2,1-3H3,(H,34,38)(H,36,39). The molecule has 3 N–H and O–H groups in total. The SMILES string of the molecule is CC(=O)OC(C)(C)CNC(CC1CCCCC1)C(=O)NC(Cc1ccccc1)C(=O)NCc1ccc(C#N)cc1. The molecule has 0 aromatic heterocycles. The maximum Gasteiger partial charge on any atom is 0.303 e. The lowest BCUT2D eigenvalue weighted by molar-refractivity contribution is -0.153. The van der Waals surface area contributed by atoms with Gasteiger partial charge in [0.15, 0.2) is 0 Å². The first-order valence-corrected chi connectivity index (χ1v) is 14.2. The molecule has 8 nitrogen and oxygen atoms in total. The molecule has 1 saturated carbocycles. The fourth-order valence-corrected chi connectivity index (χ4v) is 5.17. The summed E-state index contributed by atoms with van der Waals surface area (Å²) >= 11 is 0. The third-order valence-corrected chi connectivity index (χ3v) is 7.27. The summed E-state index contributed by atoms with van der Waals surface area (Å²) in [6.45, 7) is 5.59. The Balaban J connectivity index is 1.73. The molecule has 2 aromatic carbocycles. The van der Waals surface area contributed by atoms with Crippen LogP contribution in [0.1, 0.15) is 76.0 Å². The number of esters is 1. The second-order valence-electron chi connectivity index (χ2n) is 11.3. The minimum absolute atomic E-state index is 0.237. The van der Waals surface area contributed by atoms with E-state index in [9.17, 15) is 14.4 Å². The Labute approximate surface area is 237 Å². The van der Waals surface area contributed by atoms with Gasteiger partial charge in [-0.1, -0.05) is 74.6 Å². The molecule has 0 aliphatic heterocycles. The van der Waals surface area contributed by atoms with Gasteiger partial charge >= 0.3 is 5.97 Å². The van der Waals surface area contributed by atoms with E-state index in [1.54, 1.807) is 24.3 Å². The fraction of sp³-hybridized carbons (Fsp3) is 0.500. The first-order valence-electron chi connectivity index (χ1n) is 14.2. The van der Waals surface area contributed by atoms with Crippen LogP contribution in [0, 0.1) is 17.2 Å². The van der Waals surface area contributed by atoms with Crippen molar-refractivity contribution in [1.29, 1.82) is 5.26 Å². The summed E-state index contributed by atoms with van der Waals surface area (Å²) < 4.78 is 5.43. The van der Waals surface area contributed by atoms with E-state index in [2.05, 4.69) is 22.0 Å². The van der Waals surface area contributed by atoms with Crippen LogP contribution in [0.2, 0.25) is 0 Å². The quantitative estimate of drug-likeness (QED) is 0.324. The Morgan fingerprint density at radius 2 is 1.62 bits per heavy atom. The maximum atomic E-state index is 13.7. The molecule has 2 amide bonds. The van der Waals surface area contributed by atoms with Gasteiger partial charge in [0.2, 0.25) is 11.8 Å². The number of carbonyl (C=O) groups excluding carboxylic acids is 3. The van der Waals surface area contributed by atoms with Gasteiger partial charge in [-0.05, 0) is 49.4 Å². The van der Waals surface area contributed by atoms with Crippen molar-refractivity contribution in [3.05, 3.63) is 71.3 Å². The molecule has 0 radical (unpaired) electrons. The van der Waals surface area contributed by atoms with Gasteiger partial charge in [0.1, 0.15) is 11.6 Å². The van der Waals surface area contributed by atoms with Gasteiger partial charge in [-0.2, -0.15) is 5.26 Å². The van der Waals surface area contributed by atoms with Crippen molar-refractivity contribution in [3.63, 3.8) is 0 Å². The molecule has 1 aliphatic carbocycles. The van der Waals surface area contributed by atoms with E-state index in [0.29, 0.717) is 30.9 Å². The lowest BCUT2D eigenvalue weighted by atomic mass is 9.84. The van der Waals surface area contributed by atoms with Crippen molar-refractivity contribution < 1.29 is 19.1 Å². The van der Waals surface area contributed by atoms with Crippen molar-refractivity contribution in [2.75, 3.05) is 6.54 Å². The first-order chi connectivity index (χ1) is 19.1. The van der Waals surface area contributed by atoms with E-state index in [0.717, 1.165) is 36.8 Å². The summed E-state index contributed by atoms with van der Waals surface area (Å²) in [7, 11) is 0. The molecule has 40 heavy (non-hydrogen) atoms.